The molecule has 0 saturated carbocycles. The molecule has 5 aliphatic rings. The molecule has 0 aliphatic carbocycles. The van der Waals surface area contributed by atoms with Crippen LogP contribution in [-0.4, -0.2) is 284 Å². The van der Waals surface area contributed by atoms with Crippen LogP contribution in [0.25, 0.3) is 0 Å². The molecule has 32 heteroatoms. The van der Waals surface area contributed by atoms with Gasteiger partial charge in [-0.1, -0.05) is 32.3 Å². The van der Waals surface area contributed by atoms with Crippen molar-refractivity contribution in [2.75, 3.05) is 39.6 Å². The number of nitrogens with one attached hydrogen (secondary N) is 5. The first kappa shape index (κ1) is 72.2. The minimum atomic E-state index is -2.03. The summed E-state index contributed by atoms with van der Waals surface area (Å²) in [6.45, 7) is 1.92. The maximum absolute atomic E-state index is 13.9. The van der Waals surface area contributed by atoms with E-state index < -0.39 is 216 Å². The highest BCUT2D eigenvalue weighted by atomic mass is 16.8. The fraction of sp³-hybridized carbons (Fsp3) is 0.768. The molecule has 1 aromatic rings. The second-order valence-corrected chi connectivity index (χ2v) is 22.0. The summed E-state index contributed by atoms with van der Waals surface area (Å²) in [5.41, 5.74) is 0.0436. The molecule has 1 aromatic carbocycles. The van der Waals surface area contributed by atoms with Crippen LogP contribution in [0.1, 0.15) is 89.9 Å². The van der Waals surface area contributed by atoms with Gasteiger partial charge in [0.05, 0.1) is 39.6 Å². The Kier molecular flexibility index (Phi) is 28.3. The van der Waals surface area contributed by atoms with Gasteiger partial charge in [0.15, 0.2) is 31.5 Å². The topological polar surface area (TPSA) is 481 Å². The summed E-state index contributed by atoms with van der Waals surface area (Å²) in [7, 11) is 0. The molecule has 6 rings (SSSR count). The van der Waals surface area contributed by atoms with Crippen molar-refractivity contribution in [2.45, 2.75) is 233 Å². The van der Waals surface area contributed by atoms with Gasteiger partial charge in [-0.3, -0.25) is 24.0 Å². The predicted octanol–water partition coefficient (Wildman–Crippen LogP) is -6.78. The molecule has 498 valence electrons. The van der Waals surface area contributed by atoms with Crippen molar-refractivity contribution in [3.05, 3.63) is 29.8 Å². The van der Waals surface area contributed by atoms with E-state index in [0.29, 0.717) is 25.2 Å². The number of rotatable bonds is 27. The van der Waals surface area contributed by atoms with Crippen molar-refractivity contribution < 1.29 is 133 Å². The van der Waals surface area contributed by atoms with Gasteiger partial charge in [0, 0.05) is 46.1 Å². The lowest BCUT2D eigenvalue weighted by atomic mass is 9.93. The zero-order chi connectivity index (χ0) is 64.5. The van der Waals surface area contributed by atoms with Gasteiger partial charge >= 0.3 is 0 Å². The van der Waals surface area contributed by atoms with Crippen molar-refractivity contribution in [3.8, 4) is 17.6 Å². The maximum Gasteiger partial charge on any atom is 0.251 e. The molecule has 88 heavy (non-hydrogen) atoms. The van der Waals surface area contributed by atoms with Gasteiger partial charge in [0.25, 0.3) is 5.91 Å². The summed E-state index contributed by atoms with van der Waals surface area (Å²) in [6, 6.07) is -2.26. The van der Waals surface area contributed by atoms with Gasteiger partial charge in [-0.15, -0.1) is 11.8 Å². The number of hydrogen-bond acceptors (Lipinski definition) is 27. The van der Waals surface area contributed by atoms with Crippen LogP contribution in [0.3, 0.4) is 0 Å². The zero-order valence-corrected chi connectivity index (χ0v) is 49.4. The number of carbonyl (C=O) groups excluding carboxylic acids is 5. The van der Waals surface area contributed by atoms with E-state index in [4.69, 9.17) is 47.4 Å². The van der Waals surface area contributed by atoms with Crippen molar-refractivity contribution >= 4 is 29.5 Å². The summed E-state index contributed by atoms with van der Waals surface area (Å²) in [5.74, 6) is 2.72. The molecule has 32 nitrogen and oxygen atoms in total. The van der Waals surface area contributed by atoms with Crippen LogP contribution >= 0.6 is 0 Å². The lowest BCUT2D eigenvalue weighted by Gasteiger charge is -2.51. The number of hydrogen-bond donors (Lipinski definition) is 17. The normalized spacial score (nSPS) is 37.5. The standard InChI is InChI=1S/C56H87N5O27/c1-6-7-8-9-10-11-12-13-14-18-79-30-17-15-16-29(19-30)51(77)61-37-42(72)41(71)31(20-62)81-53(37)86-48-33(22-64)83-55(39(44(48)74)59-27(4)69)88-50-35(24-66)84-56(40(46(50)76)60-28(5)70)87-49-34(23-65)82-54(38(45(49)75)58-26(3)68)85-47-32(21-63)80-52(78)36(43(47)73)57-25(2)67/h15-17,19,31-50,52-56,62-66,71-76,78H,6-10,13-14,18,20-24H2,1-5H3,(H,57,67)(H,58,68)(H,59,69)(H,60,70)(H,61,77)/t31?,32?,33?,34?,35?,36-,37-,38?,39?,40-,41+,42?,43+,44?,45?,46+,47?,48+,49+,50?,52+,53-,54?,55?,56-/m0/s1. The first-order chi connectivity index (χ1) is 42.0. The number of ether oxygens (including phenoxy) is 10. The second-order valence-electron chi connectivity index (χ2n) is 22.0. The molecule has 5 aliphatic heterocycles. The first-order valence-corrected chi connectivity index (χ1v) is 29.3. The Morgan fingerprint density at radius 1 is 0.455 bits per heavy atom. The van der Waals surface area contributed by atoms with Gasteiger partial charge in [0.1, 0.15) is 128 Å². The molecule has 0 bridgehead atoms. The van der Waals surface area contributed by atoms with Crippen LogP contribution in [-0.2, 0) is 61.8 Å². The van der Waals surface area contributed by atoms with Crippen LogP contribution in [0.15, 0.2) is 24.3 Å². The number of carbonyl (C=O) groups is 5. The van der Waals surface area contributed by atoms with Gasteiger partial charge in [-0.05, 0) is 31.0 Å². The molecule has 0 spiro atoms. The Bertz CT molecular complexity index is 2460. The number of aliphatic hydroxyl groups excluding tert-OH is 12. The fourth-order valence-electron chi connectivity index (χ4n) is 11.0. The Morgan fingerprint density at radius 3 is 1.24 bits per heavy atom. The van der Waals surface area contributed by atoms with Crippen molar-refractivity contribution in [3.63, 3.8) is 0 Å². The third-order valence-electron chi connectivity index (χ3n) is 15.3. The molecule has 5 heterocycles. The largest absolute Gasteiger partial charge is 0.494 e. The first-order valence-electron chi connectivity index (χ1n) is 29.3. The molecular weight excluding hydrogens is 1170 g/mol. The van der Waals surface area contributed by atoms with Crippen molar-refractivity contribution in [1.29, 1.82) is 0 Å². The Balaban J connectivity index is 1.18. The third-order valence-corrected chi connectivity index (χ3v) is 15.3. The van der Waals surface area contributed by atoms with E-state index in [1.807, 2.05) is 0 Å². The Hall–Kier alpha value is -4.91. The summed E-state index contributed by atoms with van der Waals surface area (Å²) in [6.07, 6.45) is -29.4. The Labute approximate surface area is 507 Å². The number of amides is 5. The number of unbranched alkanes of at least 4 members (excludes halogenated alkanes) is 5. The van der Waals surface area contributed by atoms with Crippen molar-refractivity contribution in [1.82, 2.24) is 26.6 Å². The smallest absolute Gasteiger partial charge is 0.251 e. The van der Waals surface area contributed by atoms with E-state index in [0.717, 1.165) is 53.4 Å². The van der Waals surface area contributed by atoms with Crippen LogP contribution < -0.4 is 31.3 Å². The monoisotopic (exact) mass is 1260 g/mol. The SMILES string of the molecule is CCCCCCC#CCCCOc1cccc(C(=O)N[C@H]2C(O)[C@H](O)C(CO)O[C@H]2O[C@@H]2C(CO)OC(OC3C(CO)O[C@@H](O[C@@H]4C(CO)OC(OC5C(CO)O[C@@H](O)[C@@H](NC(C)=O)[C@H]5O)C(NC(C)=O)C4O)[C@@H](NC(C)=O)[C@H]3O)C(NC(C)=O)C2O)c1. The van der Waals surface area contributed by atoms with Crippen LogP contribution in [0.2, 0.25) is 0 Å². The molecule has 5 amide bonds. The Morgan fingerprint density at radius 2 is 0.830 bits per heavy atom. The van der Waals surface area contributed by atoms with Gasteiger partial charge < -0.3 is 135 Å². The molecule has 5 saturated heterocycles. The fourth-order valence-corrected chi connectivity index (χ4v) is 11.0. The highest BCUT2D eigenvalue weighted by Crippen LogP contribution is 2.36. The highest BCUT2D eigenvalue weighted by molar-refractivity contribution is 5.94. The molecule has 17 N–H and O–H groups in total. The third kappa shape index (κ3) is 18.6. The van der Waals surface area contributed by atoms with E-state index in [1.54, 1.807) is 12.1 Å². The number of aliphatic hydroxyl groups is 12. The molecule has 14 unspecified atom stereocenters. The van der Waals surface area contributed by atoms with E-state index in [1.165, 1.54) is 18.6 Å². The summed E-state index contributed by atoms with van der Waals surface area (Å²) in [5, 5.41) is 145. The van der Waals surface area contributed by atoms with Crippen LogP contribution in [0.4, 0.5) is 0 Å². The highest BCUT2D eigenvalue weighted by Gasteiger charge is 2.58. The van der Waals surface area contributed by atoms with E-state index >= 15 is 0 Å². The summed E-state index contributed by atoms with van der Waals surface area (Å²) < 4.78 is 59.8. The second kappa shape index (κ2) is 34.5. The zero-order valence-electron chi connectivity index (χ0n) is 49.4. The lowest BCUT2D eigenvalue weighted by Crippen LogP contribution is -2.72. The van der Waals surface area contributed by atoms with Gasteiger partial charge in [-0.2, -0.15) is 0 Å². The average molecular weight is 1260 g/mol. The van der Waals surface area contributed by atoms with Gasteiger partial charge in [0.2, 0.25) is 23.6 Å². The van der Waals surface area contributed by atoms with Crippen LogP contribution in [0.5, 0.6) is 5.75 Å². The summed E-state index contributed by atoms with van der Waals surface area (Å²) in [4.78, 5) is 64.1. The lowest BCUT2D eigenvalue weighted by molar-refractivity contribution is -0.367. The van der Waals surface area contributed by atoms with E-state index in [9.17, 15) is 85.3 Å². The molecule has 5 fully saturated rings. The minimum Gasteiger partial charge on any atom is -0.494 e. The number of benzene rings is 1. The minimum absolute atomic E-state index is 0.0436. The quantitative estimate of drug-likeness (QED) is 0.0288. The molecular formula is C56H87N5O27. The molecule has 25 atom stereocenters. The van der Waals surface area contributed by atoms with Gasteiger partial charge in [-0.25, -0.2) is 0 Å². The average Bonchev–Trinajstić information content (AvgIpc) is 0.891. The van der Waals surface area contributed by atoms with Crippen LogP contribution in [0, 0.1) is 11.8 Å². The maximum atomic E-state index is 13.9. The molecule has 0 aromatic heterocycles. The summed E-state index contributed by atoms with van der Waals surface area (Å²) >= 11 is 0. The molecule has 0 radical (unpaired) electrons. The van der Waals surface area contributed by atoms with E-state index in [-0.39, 0.29) is 5.56 Å². The van der Waals surface area contributed by atoms with Crippen molar-refractivity contribution in [2.24, 2.45) is 0 Å². The predicted molar refractivity (Wildman–Crippen MR) is 296 cm³/mol. The van der Waals surface area contributed by atoms with E-state index in [2.05, 4.69) is 45.3 Å².